The monoisotopic (exact) mass is 229 g/mol. The first-order valence-electron chi connectivity index (χ1n) is 4.32. The Morgan fingerprint density at radius 2 is 2.14 bits per heavy atom. The van der Waals surface area contributed by atoms with Crippen LogP contribution in [0.4, 0.5) is 13.2 Å². The highest BCUT2D eigenvalue weighted by molar-refractivity contribution is 6.30. The van der Waals surface area contributed by atoms with Gasteiger partial charge in [0, 0.05) is 13.1 Å². The number of halogens is 4. The first kappa shape index (κ1) is 11.6. The Hall–Kier alpha value is -0.450. The van der Waals surface area contributed by atoms with Gasteiger partial charge in [0.05, 0.1) is 5.92 Å². The quantitative estimate of drug-likeness (QED) is 0.630. The van der Waals surface area contributed by atoms with Crippen LogP contribution in [-0.4, -0.2) is 35.4 Å². The van der Waals surface area contributed by atoms with E-state index in [1.807, 2.05) is 0 Å². The summed E-state index contributed by atoms with van der Waals surface area (Å²) in [4.78, 5) is 12.4. The summed E-state index contributed by atoms with van der Waals surface area (Å²) in [5, 5.41) is -0.748. The SMILES string of the molecule is C[C@H](Cl)C(=O)N1CC[C@@H](C(F)(F)F)C1. The molecule has 82 valence electrons. The van der Waals surface area contributed by atoms with E-state index in [1.54, 1.807) is 0 Å². The van der Waals surface area contributed by atoms with E-state index < -0.39 is 23.4 Å². The van der Waals surface area contributed by atoms with Gasteiger partial charge in [-0.2, -0.15) is 13.2 Å². The number of carbonyl (C=O) groups is 1. The average molecular weight is 230 g/mol. The number of amides is 1. The van der Waals surface area contributed by atoms with Crippen molar-refractivity contribution in [2.45, 2.75) is 24.9 Å². The fourth-order valence-electron chi connectivity index (χ4n) is 1.48. The summed E-state index contributed by atoms with van der Waals surface area (Å²) in [6.07, 6.45) is -4.22. The fourth-order valence-corrected chi connectivity index (χ4v) is 1.62. The van der Waals surface area contributed by atoms with Gasteiger partial charge in [-0.15, -0.1) is 11.6 Å². The highest BCUT2D eigenvalue weighted by Gasteiger charge is 2.44. The van der Waals surface area contributed by atoms with E-state index in [0.29, 0.717) is 0 Å². The maximum Gasteiger partial charge on any atom is 0.393 e. The van der Waals surface area contributed by atoms with E-state index in [4.69, 9.17) is 11.6 Å². The number of hydrogen-bond donors (Lipinski definition) is 0. The van der Waals surface area contributed by atoms with Crippen molar-refractivity contribution in [2.75, 3.05) is 13.1 Å². The summed E-state index contributed by atoms with van der Waals surface area (Å²) < 4.78 is 36.7. The lowest BCUT2D eigenvalue weighted by atomic mass is 10.1. The molecule has 1 rings (SSSR count). The Morgan fingerprint density at radius 1 is 1.57 bits per heavy atom. The molecule has 1 aliphatic rings. The van der Waals surface area contributed by atoms with Crippen LogP contribution in [0, 0.1) is 5.92 Å². The van der Waals surface area contributed by atoms with Crippen molar-refractivity contribution >= 4 is 17.5 Å². The molecule has 0 radical (unpaired) electrons. The van der Waals surface area contributed by atoms with Gasteiger partial charge in [0.1, 0.15) is 5.38 Å². The lowest BCUT2D eigenvalue weighted by molar-refractivity contribution is -0.171. The van der Waals surface area contributed by atoms with E-state index >= 15 is 0 Å². The lowest BCUT2D eigenvalue weighted by Gasteiger charge is -2.18. The Kier molecular flexibility index (Phi) is 3.29. The number of nitrogens with zero attached hydrogens (tertiary/aromatic N) is 1. The summed E-state index contributed by atoms with van der Waals surface area (Å²) in [7, 11) is 0. The smallest absolute Gasteiger partial charge is 0.341 e. The van der Waals surface area contributed by atoms with Crippen LogP contribution in [0.3, 0.4) is 0 Å². The number of hydrogen-bond acceptors (Lipinski definition) is 1. The predicted molar refractivity (Wildman–Crippen MR) is 46.1 cm³/mol. The largest absolute Gasteiger partial charge is 0.393 e. The molecule has 0 aromatic heterocycles. The van der Waals surface area contributed by atoms with Crippen LogP contribution in [0.5, 0.6) is 0 Å². The molecule has 1 aliphatic heterocycles. The van der Waals surface area contributed by atoms with Crippen molar-refractivity contribution in [2.24, 2.45) is 5.92 Å². The third-order valence-corrected chi connectivity index (χ3v) is 2.49. The van der Waals surface area contributed by atoms with Crippen molar-refractivity contribution in [3.05, 3.63) is 0 Å². The van der Waals surface area contributed by atoms with Crippen molar-refractivity contribution in [1.82, 2.24) is 4.90 Å². The number of carbonyl (C=O) groups excluding carboxylic acids is 1. The minimum absolute atomic E-state index is 0.0150. The first-order chi connectivity index (χ1) is 6.32. The third kappa shape index (κ3) is 2.53. The lowest BCUT2D eigenvalue weighted by Crippen LogP contribution is -2.35. The highest BCUT2D eigenvalue weighted by atomic mass is 35.5. The zero-order valence-electron chi connectivity index (χ0n) is 7.64. The number of likely N-dealkylation sites (tertiary alicyclic amines) is 1. The third-order valence-electron chi connectivity index (χ3n) is 2.30. The topological polar surface area (TPSA) is 20.3 Å². The molecule has 0 unspecified atom stereocenters. The standard InChI is InChI=1S/C8H11ClF3NO/c1-5(9)7(14)13-3-2-6(4-13)8(10,11)12/h5-6H,2-4H2,1H3/t5-,6+/m0/s1. The molecule has 6 heteroatoms. The Bertz CT molecular complexity index is 229. The van der Waals surface area contributed by atoms with E-state index in [9.17, 15) is 18.0 Å². The van der Waals surface area contributed by atoms with Gasteiger partial charge in [0.2, 0.25) is 5.91 Å². The number of rotatable bonds is 1. The van der Waals surface area contributed by atoms with Crippen LogP contribution in [0.15, 0.2) is 0 Å². The Balaban J connectivity index is 2.54. The average Bonchev–Trinajstić information content (AvgIpc) is 2.49. The van der Waals surface area contributed by atoms with E-state index in [1.165, 1.54) is 11.8 Å². The minimum atomic E-state index is -4.20. The molecule has 0 aromatic rings. The first-order valence-corrected chi connectivity index (χ1v) is 4.75. The van der Waals surface area contributed by atoms with Gasteiger partial charge in [-0.05, 0) is 13.3 Å². The van der Waals surface area contributed by atoms with Crippen molar-refractivity contribution in [1.29, 1.82) is 0 Å². The normalized spacial score (nSPS) is 25.2. The molecule has 0 saturated carbocycles. The van der Waals surface area contributed by atoms with E-state index in [-0.39, 0.29) is 19.5 Å². The predicted octanol–water partition coefficient (Wildman–Crippen LogP) is 2.02. The second-order valence-electron chi connectivity index (χ2n) is 3.43. The highest BCUT2D eigenvalue weighted by Crippen LogP contribution is 2.33. The molecule has 0 spiro atoms. The molecule has 0 bridgehead atoms. The number of alkyl halides is 4. The molecule has 0 aromatic carbocycles. The van der Waals surface area contributed by atoms with Crippen LogP contribution >= 0.6 is 11.6 Å². The molecule has 1 fully saturated rings. The molecule has 2 atom stereocenters. The van der Waals surface area contributed by atoms with Gasteiger partial charge in [-0.25, -0.2) is 0 Å². The molecular weight excluding hydrogens is 219 g/mol. The Labute approximate surface area is 85.0 Å². The zero-order valence-corrected chi connectivity index (χ0v) is 8.40. The molecule has 1 heterocycles. The van der Waals surface area contributed by atoms with Gasteiger partial charge >= 0.3 is 6.18 Å². The Morgan fingerprint density at radius 3 is 2.50 bits per heavy atom. The van der Waals surface area contributed by atoms with Crippen LogP contribution in [0.1, 0.15) is 13.3 Å². The van der Waals surface area contributed by atoms with Gasteiger partial charge in [-0.3, -0.25) is 4.79 Å². The van der Waals surface area contributed by atoms with Gasteiger partial charge in [0.15, 0.2) is 0 Å². The summed E-state index contributed by atoms with van der Waals surface area (Å²) in [6.45, 7) is 1.37. The summed E-state index contributed by atoms with van der Waals surface area (Å²) in [5.41, 5.74) is 0. The van der Waals surface area contributed by atoms with Crippen molar-refractivity contribution in [3.63, 3.8) is 0 Å². The van der Waals surface area contributed by atoms with Crippen molar-refractivity contribution in [3.8, 4) is 0 Å². The minimum Gasteiger partial charge on any atom is -0.341 e. The van der Waals surface area contributed by atoms with Crippen molar-refractivity contribution < 1.29 is 18.0 Å². The molecular formula is C8H11ClF3NO. The van der Waals surface area contributed by atoms with E-state index in [2.05, 4.69) is 0 Å². The van der Waals surface area contributed by atoms with Gasteiger partial charge in [0.25, 0.3) is 0 Å². The molecule has 14 heavy (non-hydrogen) atoms. The molecule has 0 aliphatic carbocycles. The zero-order chi connectivity index (χ0) is 10.9. The molecule has 2 nitrogen and oxygen atoms in total. The summed E-state index contributed by atoms with van der Waals surface area (Å²) in [6, 6.07) is 0. The van der Waals surface area contributed by atoms with Crippen LogP contribution < -0.4 is 0 Å². The second kappa shape index (κ2) is 3.96. The van der Waals surface area contributed by atoms with Crippen LogP contribution in [0.2, 0.25) is 0 Å². The molecule has 0 N–H and O–H groups in total. The summed E-state index contributed by atoms with van der Waals surface area (Å²) in [5.74, 6) is -1.81. The molecule has 1 amide bonds. The van der Waals surface area contributed by atoms with Crippen LogP contribution in [-0.2, 0) is 4.79 Å². The second-order valence-corrected chi connectivity index (χ2v) is 4.08. The fraction of sp³-hybridized carbons (Fsp3) is 0.875. The molecule has 1 saturated heterocycles. The van der Waals surface area contributed by atoms with E-state index in [0.717, 1.165) is 0 Å². The van der Waals surface area contributed by atoms with Crippen LogP contribution in [0.25, 0.3) is 0 Å². The maximum atomic E-state index is 12.2. The van der Waals surface area contributed by atoms with Gasteiger partial charge in [-0.1, -0.05) is 0 Å². The summed E-state index contributed by atoms with van der Waals surface area (Å²) >= 11 is 5.50. The maximum absolute atomic E-state index is 12.2. The van der Waals surface area contributed by atoms with Gasteiger partial charge < -0.3 is 4.90 Å².